The summed E-state index contributed by atoms with van der Waals surface area (Å²) in [6, 6.07) is 4.11. The van der Waals surface area contributed by atoms with E-state index in [0.717, 1.165) is 40.5 Å². The predicted octanol–water partition coefficient (Wildman–Crippen LogP) is 3.23. The maximum absolute atomic E-state index is 5.85. The first-order valence-corrected chi connectivity index (χ1v) is 5.74. The van der Waals surface area contributed by atoms with Crippen molar-refractivity contribution in [3.05, 3.63) is 23.4 Å². The zero-order valence-electron chi connectivity index (χ0n) is 9.62. The molecule has 3 nitrogen and oxygen atoms in total. The molecule has 1 aromatic carbocycles. The fourth-order valence-electron chi connectivity index (χ4n) is 1.87. The molecule has 0 saturated heterocycles. The summed E-state index contributed by atoms with van der Waals surface area (Å²) in [4.78, 5) is 0. The van der Waals surface area contributed by atoms with E-state index >= 15 is 0 Å². The number of fused-ring (bicyclic) bond motifs is 1. The monoisotopic (exact) mass is 217 g/mol. The molecule has 1 aromatic heterocycles. The topological polar surface area (TPSA) is 35.3 Å². The highest BCUT2D eigenvalue weighted by molar-refractivity contribution is 5.85. The molecule has 3 rings (SSSR count). The van der Waals surface area contributed by atoms with Gasteiger partial charge in [0.05, 0.1) is 12.3 Å². The average molecular weight is 217 g/mol. The van der Waals surface area contributed by atoms with Gasteiger partial charge in [-0.2, -0.15) is 0 Å². The molecule has 0 aliphatic heterocycles. The van der Waals surface area contributed by atoms with Gasteiger partial charge >= 0.3 is 0 Å². The van der Waals surface area contributed by atoms with Gasteiger partial charge in [-0.25, -0.2) is 0 Å². The van der Waals surface area contributed by atoms with Crippen LogP contribution in [0.15, 0.2) is 16.7 Å². The fourth-order valence-corrected chi connectivity index (χ4v) is 1.87. The van der Waals surface area contributed by atoms with Gasteiger partial charge in [0.1, 0.15) is 0 Å². The zero-order chi connectivity index (χ0) is 11.1. The smallest absolute Gasteiger partial charge is 0.209 e. The summed E-state index contributed by atoms with van der Waals surface area (Å²) in [5, 5.41) is 5.04. The van der Waals surface area contributed by atoms with Gasteiger partial charge < -0.3 is 9.26 Å². The Morgan fingerprint density at radius 2 is 2.19 bits per heavy atom. The van der Waals surface area contributed by atoms with Gasteiger partial charge in [0.25, 0.3) is 0 Å². The molecule has 0 amide bonds. The molecule has 84 valence electrons. The molecule has 3 heteroatoms. The molecule has 1 aliphatic carbocycles. The van der Waals surface area contributed by atoms with Crippen molar-refractivity contribution >= 4 is 11.0 Å². The second-order valence-corrected chi connectivity index (χ2v) is 4.61. The van der Waals surface area contributed by atoms with Crippen molar-refractivity contribution in [1.82, 2.24) is 5.16 Å². The quantitative estimate of drug-likeness (QED) is 0.791. The van der Waals surface area contributed by atoms with E-state index in [4.69, 9.17) is 9.26 Å². The van der Waals surface area contributed by atoms with Crippen LogP contribution in [0.1, 0.15) is 24.1 Å². The summed E-state index contributed by atoms with van der Waals surface area (Å²) in [6.07, 6.45) is 2.59. The van der Waals surface area contributed by atoms with Crippen LogP contribution in [0.3, 0.4) is 0 Å². The third-order valence-corrected chi connectivity index (χ3v) is 3.13. The molecule has 1 aliphatic rings. The van der Waals surface area contributed by atoms with Crippen LogP contribution in [0.25, 0.3) is 11.0 Å². The van der Waals surface area contributed by atoms with Gasteiger partial charge in [-0.3, -0.25) is 0 Å². The lowest BCUT2D eigenvalue weighted by atomic mass is 10.1. The SMILES string of the molecule is Cc1ccc2c(C)noc2c1OCC1CC1. The number of rotatable bonds is 3. The molecule has 16 heavy (non-hydrogen) atoms. The Balaban J connectivity index is 2.01. The van der Waals surface area contributed by atoms with Gasteiger partial charge in [-0.05, 0) is 44.2 Å². The highest BCUT2D eigenvalue weighted by atomic mass is 16.5. The van der Waals surface area contributed by atoms with Crippen molar-refractivity contribution in [2.24, 2.45) is 5.92 Å². The summed E-state index contributed by atoms with van der Waals surface area (Å²) in [6.45, 7) is 4.80. The number of nitrogens with zero attached hydrogens (tertiary/aromatic N) is 1. The maximum atomic E-state index is 5.85. The second-order valence-electron chi connectivity index (χ2n) is 4.61. The van der Waals surface area contributed by atoms with Crippen molar-refractivity contribution in [2.45, 2.75) is 26.7 Å². The van der Waals surface area contributed by atoms with Crippen LogP contribution < -0.4 is 4.74 Å². The first-order chi connectivity index (χ1) is 7.75. The largest absolute Gasteiger partial charge is 0.489 e. The van der Waals surface area contributed by atoms with Crippen LogP contribution in [0.2, 0.25) is 0 Å². The number of benzene rings is 1. The van der Waals surface area contributed by atoms with Gasteiger partial charge in [-0.15, -0.1) is 0 Å². The average Bonchev–Trinajstić information content (AvgIpc) is 3.02. The van der Waals surface area contributed by atoms with E-state index in [-0.39, 0.29) is 0 Å². The summed E-state index contributed by atoms with van der Waals surface area (Å²) in [5.41, 5.74) is 2.83. The van der Waals surface area contributed by atoms with Crippen LogP contribution in [-0.4, -0.2) is 11.8 Å². The zero-order valence-corrected chi connectivity index (χ0v) is 9.62. The van der Waals surface area contributed by atoms with Crippen LogP contribution in [-0.2, 0) is 0 Å². The molecule has 2 aromatic rings. The Hall–Kier alpha value is -1.51. The number of ether oxygens (including phenoxy) is 1. The van der Waals surface area contributed by atoms with Crippen molar-refractivity contribution < 1.29 is 9.26 Å². The maximum Gasteiger partial charge on any atom is 0.209 e. The fraction of sp³-hybridized carbons (Fsp3) is 0.462. The summed E-state index contributed by atoms with van der Waals surface area (Å²) in [5.74, 6) is 1.61. The highest BCUT2D eigenvalue weighted by Crippen LogP contribution is 2.34. The van der Waals surface area contributed by atoms with E-state index in [1.165, 1.54) is 12.8 Å². The molecule has 0 spiro atoms. The number of aromatic nitrogens is 1. The van der Waals surface area contributed by atoms with Crippen molar-refractivity contribution in [1.29, 1.82) is 0 Å². The van der Waals surface area contributed by atoms with Crippen molar-refractivity contribution in [2.75, 3.05) is 6.61 Å². The molecular formula is C13H15NO2. The molecule has 1 saturated carbocycles. The molecule has 1 heterocycles. The van der Waals surface area contributed by atoms with Crippen molar-refractivity contribution in [3.63, 3.8) is 0 Å². The lowest BCUT2D eigenvalue weighted by molar-refractivity contribution is 0.293. The molecule has 0 N–H and O–H groups in total. The van der Waals surface area contributed by atoms with E-state index in [2.05, 4.69) is 11.2 Å². The molecular weight excluding hydrogens is 202 g/mol. The van der Waals surface area contributed by atoms with Gasteiger partial charge in [0.15, 0.2) is 5.75 Å². The standard InChI is InChI=1S/C13H15NO2/c1-8-3-6-11-9(2)14-16-13(11)12(8)15-7-10-4-5-10/h3,6,10H,4-5,7H2,1-2H3. The summed E-state index contributed by atoms with van der Waals surface area (Å²) >= 11 is 0. The molecule has 1 fully saturated rings. The minimum Gasteiger partial charge on any atom is -0.489 e. The van der Waals surface area contributed by atoms with Crippen molar-refractivity contribution in [3.8, 4) is 5.75 Å². The molecule has 0 radical (unpaired) electrons. The van der Waals surface area contributed by atoms with Crippen LogP contribution in [0, 0.1) is 19.8 Å². The molecule has 0 unspecified atom stereocenters. The molecule has 0 bridgehead atoms. The summed E-state index contributed by atoms with van der Waals surface area (Å²) in [7, 11) is 0. The van der Waals surface area contributed by atoms with Gasteiger partial charge in [0, 0.05) is 5.39 Å². The second kappa shape index (κ2) is 3.51. The minimum atomic E-state index is 0.749. The van der Waals surface area contributed by atoms with E-state index < -0.39 is 0 Å². The summed E-state index contributed by atoms with van der Waals surface area (Å²) < 4.78 is 11.2. The van der Waals surface area contributed by atoms with E-state index in [1.54, 1.807) is 0 Å². The lowest BCUT2D eigenvalue weighted by Gasteiger charge is -2.08. The lowest BCUT2D eigenvalue weighted by Crippen LogP contribution is -2.00. The number of aryl methyl sites for hydroxylation is 2. The molecule has 0 atom stereocenters. The van der Waals surface area contributed by atoms with Crippen LogP contribution >= 0.6 is 0 Å². The van der Waals surface area contributed by atoms with Crippen LogP contribution in [0.4, 0.5) is 0 Å². The van der Waals surface area contributed by atoms with E-state index in [1.807, 2.05) is 19.9 Å². The first-order valence-electron chi connectivity index (χ1n) is 5.74. The Labute approximate surface area is 94.4 Å². The third kappa shape index (κ3) is 1.56. The third-order valence-electron chi connectivity index (χ3n) is 3.13. The first kappa shape index (κ1) is 9.70. The predicted molar refractivity (Wildman–Crippen MR) is 61.7 cm³/mol. The van der Waals surface area contributed by atoms with Gasteiger partial charge in [0.2, 0.25) is 5.58 Å². The highest BCUT2D eigenvalue weighted by Gasteiger charge is 2.23. The van der Waals surface area contributed by atoms with E-state index in [9.17, 15) is 0 Å². The Morgan fingerprint density at radius 1 is 1.38 bits per heavy atom. The van der Waals surface area contributed by atoms with Crippen LogP contribution in [0.5, 0.6) is 5.75 Å². The number of hydrogen-bond acceptors (Lipinski definition) is 3. The Kier molecular flexibility index (Phi) is 2.13. The van der Waals surface area contributed by atoms with E-state index in [0.29, 0.717) is 0 Å². The minimum absolute atomic E-state index is 0.749. The van der Waals surface area contributed by atoms with Gasteiger partial charge in [-0.1, -0.05) is 11.2 Å². The normalized spacial score (nSPS) is 15.6. The number of hydrogen-bond donors (Lipinski definition) is 0. The Bertz CT molecular complexity index is 526. The Morgan fingerprint density at radius 3 is 2.94 bits per heavy atom.